The lowest BCUT2D eigenvalue weighted by Crippen LogP contribution is -2.31. The highest BCUT2D eigenvalue weighted by Crippen LogP contribution is 2.20. The molecule has 0 aliphatic carbocycles. The Kier molecular flexibility index (Phi) is 6.90. The number of aromatic nitrogens is 2. The predicted octanol–water partition coefficient (Wildman–Crippen LogP) is 4.02. The summed E-state index contributed by atoms with van der Waals surface area (Å²) in [7, 11) is 1.68. The lowest BCUT2D eigenvalue weighted by Gasteiger charge is -2.17. The quantitative estimate of drug-likeness (QED) is 0.536. The third-order valence-corrected chi connectivity index (χ3v) is 5.25. The molecule has 156 valence electrons. The number of amides is 1. The molecule has 1 heterocycles. The Morgan fingerprint density at radius 1 is 1.07 bits per heavy atom. The monoisotopic (exact) mass is 425 g/mol. The number of esters is 1. The predicted molar refractivity (Wildman–Crippen MR) is 115 cm³/mol. The van der Waals surface area contributed by atoms with E-state index in [4.69, 9.17) is 16.3 Å². The summed E-state index contributed by atoms with van der Waals surface area (Å²) < 4.78 is 7.01. The first-order valence-corrected chi connectivity index (χ1v) is 9.97. The van der Waals surface area contributed by atoms with Crippen LogP contribution in [0.2, 0.25) is 5.02 Å². The van der Waals surface area contributed by atoms with Crippen molar-refractivity contribution in [1.29, 1.82) is 0 Å². The molecule has 3 rings (SSSR count). The normalized spacial score (nSPS) is 10.7. The molecule has 0 radical (unpaired) electrons. The topological polar surface area (TPSA) is 64.4 Å². The van der Waals surface area contributed by atoms with E-state index < -0.39 is 5.97 Å². The number of likely N-dealkylation sites (N-methyl/N-ethyl adjacent to an activating group) is 1. The van der Waals surface area contributed by atoms with Crippen LogP contribution >= 0.6 is 11.6 Å². The maximum absolute atomic E-state index is 12.6. The van der Waals surface area contributed by atoms with Crippen molar-refractivity contribution in [1.82, 2.24) is 14.7 Å². The lowest BCUT2D eigenvalue weighted by atomic mass is 10.2. The number of rotatable bonds is 7. The van der Waals surface area contributed by atoms with Crippen LogP contribution in [0.25, 0.3) is 0 Å². The van der Waals surface area contributed by atoms with Crippen molar-refractivity contribution in [3.8, 4) is 0 Å². The number of benzene rings is 2. The largest absolute Gasteiger partial charge is 0.452 e. The molecule has 3 aromatic rings. The zero-order chi connectivity index (χ0) is 21.7. The molecular formula is C23H24ClN3O3. The summed E-state index contributed by atoms with van der Waals surface area (Å²) in [5.41, 5.74) is 3.51. The van der Waals surface area contributed by atoms with Crippen LogP contribution in [-0.4, -0.2) is 40.2 Å². The van der Waals surface area contributed by atoms with Gasteiger partial charge in [0.15, 0.2) is 6.61 Å². The molecule has 0 saturated carbocycles. The summed E-state index contributed by atoms with van der Waals surface area (Å²) in [6.45, 7) is 4.12. The number of carbonyl (C=O) groups is 2. The molecule has 0 aliphatic heterocycles. The van der Waals surface area contributed by atoms with Crippen molar-refractivity contribution < 1.29 is 14.3 Å². The average molecular weight is 426 g/mol. The number of aryl methyl sites for hydroxylation is 1. The molecule has 0 fully saturated rings. The number of hydrogen-bond acceptors (Lipinski definition) is 4. The van der Waals surface area contributed by atoms with Crippen molar-refractivity contribution in [2.24, 2.45) is 0 Å². The first-order valence-electron chi connectivity index (χ1n) is 9.59. The molecule has 6 nitrogen and oxygen atoms in total. The summed E-state index contributed by atoms with van der Waals surface area (Å²) in [4.78, 5) is 26.5. The third-order valence-electron chi connectivity index (χ3n) is 4.88. The first-order chi connectivity index (χ1) is 14.4. The summed E-state index contributed by atoms with van der Waals surface area (Å²) in [6, 6.07) is 17.1. The SMILES string of the molecule is Cc1nn(Cc2ccccc2Cl)c(C)c1C(=O)OCC(=O)N(C)Cc1ccccc1. The second-order valence-electron chi connectivity index (χ2n) is 7.11. The standard InChI is InChI=1S/C23H24ClN3O3/c1-16-22(17(2)27(25-16)14-19-11-7-8-12-20(19)24)23(29)30-15-21(28)26(3)13-18-9-5-4-6-10-18/h4-12H,13-15H2,1-3H3. The maximum Gasteiger partial charge on any atom is 0.342 e. The smallest absolute Gasteiger partial charge is 0.342 e. The Hall–Kier alpha value is -3.12. The molecule has 2 aromatic carbocycles. The summed E-state index contributed by atoms with van der Waals surface area (Å²) in [5.74, 6) is -0.831. The molecule has 0 N–H and O–H groups in total. The van der Waals surface area contributed by atoms with E-state index in [1.54, 1.807) is 25.6 Å². The maximum atomic E-state index is 12.6. The van der Waals surface area contributed by atoms with Crippen LogP contribution in [0.1, 0.15) is 32.9 Å². The molecule has 30 heavy (non-hydrogen) atoms. The van der Waals surface area contributed by atoms with Gasteiger partial charge in [-0.1, -0.05) is 60.1 Å². The van der Waals surface area contributed by atoms with Gasteiger partial charge in [-0.3, -0.25) is 9.48 Å². The number of carbonyl (C=O) groups excluding carboxylic acids is 2. The Balaban J connectivity index is 1.63. The molecule has 0 aliphatic rings. The van der Waals surface area contributed by atoms with Crippen molar-refractivity contribution in [2.75, 3.05) is 13.7 Å². The van der Waals surface area contributed by atoms with Crippen LogP contribution in [-0.2, 0) is 22.6 Å². The van der Waals surface area contributed by atoms with E-state index in [9.17, 15) is 9.59 Å². The molecule has 7 heteroatoms. The Labute approximate surface area is 181 Å². The van der Waals surface area contributed by atoms with E-state index >= 15 is 0 Å². The second-order valence-corrected chi connectivity index (χ2v) is 7.51. The molecular weight excluding hydrogens is 402 g/mol. The van der Waals surface area contributed by atoms with Gasteiger partial charge in [-0.15, -0.1) is 0 Å². The second kappa shape index (κ2) is 9.59. The van der Waals surface area contributed by atoms with Crippen LogP contribution in [0.4, 0.5) is 0 Å². The van der Waals surface area contributed by atoms with Gasteiger partial charge in [-0.05, 0) is 31.0 Å². The molecule has 0 atom stereocenters. The zero-order valence-corrected chi connectivity index (χ0v) is 18.0. The molecule has 0 saturated heterocycles. The van der Waals surface area contributed by atoms with Gasteiger partial charge in [0.1, 0.15) is 5.56 Å². The van der Waals surface area contributed by atoms with Crippen molar-refractivity contribution in [3.05, 3.63) is 87.7 Å². The lowest BCUT2D eigenvalue weighted by molar-refractivity contribution is -0.133. The fraction of sp³-hybridized carbons (Fsp3) is 0.261. The van der Waals surface area contributed by atoms with Gasteiger partial charge < -0.3 is 9.64 Å². The highest BCUT2D eigenvalue weighted by molar-refractivity contribution is 6.31. The van der Waals surface area contributed by atoms with E-state index in [0.717, 1.165) is 11.1 Å². The number of halogens is 1. The van der Waals surface area contributed by atoms with Crippen LogP contribution < -0.4 is 0 Å². The van der Waals surface area contributed by atoms with Gasteiger partial charge in [0.2, 0.25) is 0 Å². The highest BCUT2D eigenvalue weighted by atomic mass is 35.5. The van der Waals surface area contributed by atoms with Crippen LogP contribution in [0.3, 0.4) is 0 Å². The summed E-state index contributed by atoms with van der Waals surface area (Å²) in [6.07, 6.45) is 0. The average Bonchev–Trinajstić information content (AvgIpc) is 3.01. The minimum Gasteiger partial charge on any atom is -0.452 e. The number of ether oxygens (including phenoxy) is 1. The minimum atomic E-state index is -0.558. The minimum absolute atomic E-state index is 0.272. The van der Waals surface area contributed by atoms with Gasteiger partial charge in [0.05, 0.1) is 17.9 Å². The van der Waals surface area contributed by atoms with Crippen LogP contribution in [0.5, 0.6) is 0 Å². The van der Waals surface area contributed by atoms with Gasteiger partial charge >= 0.3 is 5.97 Å². The fourth-order valence-electron chi connectivity index (χ4n) is 3.19. The van der Waals surface area contributed by atoms with Gasteiger partial charge in [0.25, 0.3) is 5.91 Å². The van der Waals surface area contributed by atoms with Crippen LogP contribution in [0.15, 0.2) is 54.6 Å². The van der Waals surface area contributed by atoms with Crippen LogP contribution in [0, 0.1) is 13.8 Å². The number of nitrogens with zero attached hydrogens (tertiary/aromatic N) is 3. The van der Waals surface area contributed by atoms with E-state index in [2.05, 4.69) is 5.10 Å². The van der Waals surface area contributed by atoms with E-state index in [0.29, 0.717) is 35.1 Å². The van der Waals surface area contributed by atoms with Gasteiger partial charge in [-0.2, -0.15) is 5.10 Å². The van der Waals surface area contributed by atoms with E-state index in [1.807, 2.05) is 54.6 Å². The highest BCUT2D eigenvalue weighted by Gasteiger charge is 2.22. The molecule has 0 bridgehead atoms. The van der Waals surface area contributed by atoms with E-state index in [1.165, 1.54) is 4.90 Å². The zero-order valence-electron chi connectivity index (χ0n) is 17.3. The molecule has 0 unspecified atom stereocenters. The summed E-state index contributed by atoms with van der Waals surface area (Å²) in [5, 5.41) is 5.09. The van der Waals surface area contributed by atoms with Gasteiger partial charge in [0, 0.05) is 18.6 Å². The van der Waals surface area contributed by atoms with Crippen molar-refractivity contribution in [3.63, 3.8) is 0 Å². The van der Waals surface area contributed by atoms with Gasteiger partial charge in [-0.25, -0.2) is 4.79 Å². The van der Waals surface area contributed by atoms with E-state index in [-0.39, 0.29) is 12.5 Å². The number of hydrogen-bond donors (Lipinski definition) is 0. The van der Waals surface area contributed by atoms with Crippen molar-refractivity contribution in [2.45, 2.75) is 26.9 Å². The Morgan fingerprint density at radius 2 is 1.73 bits per heavy atom. The molecule has 0 spiro atoms. The Morgan fingerprint density at radius 3 is 2.43 bits per heavy atom. The molecule has 1 aromatic heterocycles. The summed E-state index contributed by atoms with van der Waals surface area (Å²) >= 11 is 6.23. The van der Waals surface area contributed by atoms with Crippen molar-refractivity contribution >= 4 is 23.5 Å². The molecule has 1 amide bonds. The third kappa shape index (κ3) is 5.07. The first kappa shape index (κ1) is 21.6. The Bertz CT molecular complexity index is 1050. The fourth-order valence-corrected chi connectivity index (χ4v) is 3.38.